The Balaban J connectivity index is 2.72. The molecule has 0 aliphatic heterocycles. The summed E-state index contributed by atoms with van der Waals surface area (Å²) in [6.45, 7) is 4.21. The van der Waals surface area contributed by atoms with Crippen molar-refractivity contribution >= 4 is 0 Å². The number of hydrogen-bond acceptors (Lipinski definition) is 3. The van der Waals surface area contributed by atoms with Gasteiger partial charge in [0.1, 0.15) is 18.4 Å². The molecule has 3 nitrogen and oxygen atoms in total. The van der Waals surface area contributed by atoms with Crippen LogP contribution in [0.3, 0.4) is 0 Å². The maximum Gasteiger partial charge on any atom is 0.416 e. The van der Waals surface area contributed by atoms with E-state index in [0.29, 0.717) is 6.61 Å². The van der Waals surface area contributed by atoms with Crippen LogP contribution in [-0.2, 0) is 10.9 Å². The maximum absolute atomic E-state index is 12.5. The van der Waals surface area contributed by atoms with Crippen molar-refractivity contribution < 1.29 is 22.6 Å². The van der Waals surface area contributed by atoms with E-state index in [4.69, 9.17) is 14.7 Å². The third kappa shape index (κ3) is 4.79. The molecule has 0 aliphatic rings. The average molecular weight is 273 g/mol. The van der Waals surface area contributed by atoms with Crippen LogP contribution >= 0.6 is 0 Å². The van der Waals surface area contributed by atoms with Crippen molar-refractivity contribution in [2.24, 2.45) is 0 Å². The Bertz CT molecular complexity index is 464. The molecule has 0 unspecified atom stereocenters. The van der Waals surface area contributed by atoms with Gasteiger partial charge in [0.2, 0.25) is 0 Å². The predicted molar refractivity (Wildman–Crippen MR) is 62.7 cm³/mol. The summed E-state index contributed by atoms with van der Waals surface area (Å²) in [5.74, 6) is 0.128. The van der Waals surface area contributed by atoms with Crippen molar-refractivity contribution in [3.05, 3.63) is 29.3 Å². The first kappa shape index (κ1) is 15.3. The zero-order valence-electron chi connectivity index (χ0n) is 10.6. The van der Waals surface area contributed by atoms with Gasteiger partial charge in [0.25, 0.3) is 0 Å². The summed E-state index contributed by atoms with van der Waals surface area (Å²) in [5, 5.41) is 8.82. The second-order valence-corrected chi connectivity index (χ2v) is 4.09. The first-order chi connectivity index (χ1) is 8.84. The van der Waals surface area contributed by atoms with Crippen LogP contribution in [0.25, 0.3) is 0 Å². The quantitative estimate of drug-likeness (QED) is 0.772. The molecule has 0 fully saturated rings. The minimum Gasteiger partial charge on any atom is -0.490 e. The number of nitriles is 1. The molecule has 104 valence electrons. The van der Waals surface area contributed by atoms with Crippen molar-refractivity contribution in [1.82, 2.24) is 0 Å². The zero-order valence-corrected chi connectivity index (χ0v) is 10.6. The fourth-order valence-electron chi connectivity index (χ4n) is 1.35. The summed E-state index contributed by atoms with van der Waals surface area (Å²) in [5.41, 5.74) is -1.01. The van der Waals surface area contributed by atoms with Crippen LogP contribution in [-0.4, -0.2) is 19.3 Å². The Morgan fingerprint density at radius 2 is 1.95 bits per heavy atom. The van der Waals surface area contributed by atoms with E-state index in [1.165, 1.54) is 0 Å². The highest BCUT2D eigenvalue weighted by Gasteiger charge is 2.31. The molecule has 0 aromatic heterocycles. The van der Waals surface area contributed by atoms with Crippen molar-refractivity contribution in [2.45, 2.75) is 26.1 Å². The van der Waals surface area contributed by atoms with Gasteiger partial charge in [0.05, 0.1) is 23.8 Å². The lowest BCUT2D eigenvalue weighted by atomic mass is 10.1. The van der Waals surface area contributed by atoms with Crippen LogP contribution in [0.1, 0.15) is 25.0 Å². The molecule has 0 aliphatic carbocycles. The number of ether oxygens (including phenoxy) is 2. The molecule has 0 saturated heterocycles. The molecular weight excluding hydrogens is 259 g/mol. The number of alkyl halides is 3. The fourth-order valence-corrected chi connectivity index (χ4v) is 1.35. The van der Waals surface area contributed by atoms with Gasteiger partial charge in [-0.2, -0.15) is 18.4 Å². The summed E-state index contributed by atoms with van der Waals surface area (Å²) in [4.78, 5) is 0. The van der Waals surface area contributed by atoms with Gasteiger partial charge in [-0.25, -0.2) is 0 Å². The van der Waals surface area contributed by atoms with Crippen molar-refractivity contribution in [3.63, 3.8) is 0 Å². The van der Waals surface area contributed by atoms with E-state index < -0.39 is 11.7 Å². The van der Waals surface area contributed by atoms with Gasteiger partial charge in [-0.3, -0.25) is 0 Å². The molecule has 0 atom stereocenters. The first-order valence-corrected chi connectivity index (χ1v) is 5.70. The Morgan fingerprint density at radius 3 is 2.47 bits per heavy atom. The SMILES string of the molecule is CC(C)OCCOc1ccc(C(F)(F)F)cc1C#N. The van der Waals surface area contributed by atoms with Crippen LogP contribution < -0.4 is 4.74 Å². The van der Waals surface area contributed by atoms with Crippen LogP contribution in [0.4, 0.5) is 13.2 Å². The monoisotopic (exact) mass is 273 g/mol. The van der Waals surface area contributed by atoms with E-state index in [2.05, 4.69) is 0 Å². The van der Waals surface area contributed by atoms with Crippen LogP contribution in [0, 0.1) is 11.3 Å². The third-order valence-corrected chi connectivity index (χ3v) is 2.22. The van der Waals surface area contributed by atoms with E-state index in [1.54, 1.807) is 6.07 Å². The summed E-state index contributed by atoms with van der Waals surface area (Å²) in [7, 11) is 0. The van der Waals surface area contributed by atoms with Gasteiger partial charge in [-0.1, -0.05) is 0 Å². The molecule has 0 bridgehead atoms. The maximum atomic E-state index is 12.5. The minimum absolute atomic E-state index is 0.0478. The average Bonchev–Trinajstić information content (AvgIpc) is 2.33. The zero-order chi connectivity index (χ0) is 14.5. The Hall–Kier alpha value is -1.74. The second-order valence-electron chi connectivity index (χ2n) is 4.09. The largest absolute Gasteiger partial charge is 0.490 e. The summed E-state index contributed by atoms with van der Waals surface area (Å²) < 4.78 is 47.8. The van der Waals surface area contributed by atoms with Gasteiger partial charge in [-0.05, 0) is 32.0 Å². The number of rotatable bonds is 5. The van der Waals surface area contributed by atoms with E-state index in [0.717, 1.165) is 18.2 Å². The first-order valence-electron chi connectivity index (χ1n) is 5.70. The predicted octanol–water partition coefficient (Wildman–Crippen LogP) is 3.38. The molecule has 0 saturated carbocycles. The lowest BCUT2D eigenvalue weighted by Crippen LogP contribution is -2.12. The molecule has 1 aromatic carbocycles. The lowest BCUT2D eigenvalue weighted by Gasteiger charge is -2.12. The molecule has 19 heavy (non-hydrogen) atoms. The lowest BCUT2D eigenvalue weighted by molar-refractivity contribution is -0.137. The van der Waals surface area contributed by atoms with Crippen molar-refractivity contribution in [2.75, 3.05) is 13.2 Å². The number of nitrogens with zero attached hydrogens (tertiary/aromatic N) is 1. The highest BCUT2D eigenvalue weighted by molar-refractivity contribution is 5.46. The van der Waals surface area contributed by atoms with Gasteiger partial charge in [0, 0.05) is 0 Å². The Morgan fingerprint density at radius 1 is 1.26 bits per heavy atom. The van der Waals surface area contributed by atoms with Crippen LogP contribution in [0.15, 0.2) is 18.2 Å². The van der Waals surface area contributed by atoms with Crippen LogP contribution in [0.5, 0.6) is 5.75 Å². The van der Waals surface area contributed by atoms with E-state index >= 15 is 0 Å². The standard InChI is InChI=1S/C13H14F3NO2/c1-9(2)18-5-6-19-12-4-3-11(13(14,15)16)7-10(12)8-17/h3-4,7,9H,5-6H2,1-2H3. The van der Waals surface area contributed by atoms with Crippen molar-refractivity contribution in [3.8, 4) is 11.8 Å². The van der Waals surface area contributed by atoms with E-state index in [9.17, 15) is 13.2 Å². The topological polar surface area (TPSA) is 42.2 Å². The van der Waals surface area contributed by atoms with Gasteiger partial charge >= 0.3 is 6.18 Å². The van der Waals surface area contributed by atoms with Gasteiger partial charge in [0.15, 0.2) is 0 Å². The molecule has 1 rings (SSSR count). The van der Waals surface area contributed by atoms with E-state index in [1.807, 2.05) is 13.8 Å². The number of halogens is 3. The number of hydrogen-bond donors (Lipinski definition) is 0. The highest BCUT2D eigenvalue weighted by atomic mass is 19.4. The number of benzene rings is 1. The molecular formula is C13H14F3NO2. The minimum atomic E-state index is -4.47. The summed E-state index contributed by atoms with van der Waals surface area (Å²) in [6, 6.07) is 4.51. The van der Waals surface area contributed by atoms with Crippen LogP contribution in [0.2, 0.25) is 0 Å². The van der Waals surface area contributed by atoms with Gasteiger partial charge < -0.3 is 9.47 Å². The van der Waals surface area contributed by atoms with E-state index in [-0.39, 0.29) is 24.0 Å². The molecule has 0 heterocycles. The van der Waals surface area contributed by atoms with Crippen molar-refractivity contribution in [1.29, 1.82) is 5.26 Å². The molecule has 0 N–H and O–H groups in total. The Kier molecular flexibility index (Phi) is 5.19. The second kappa shape index (κ2) is 6.43. The molecule has 0 spiro atoms. The summed E-state index contributed by atoms with van der Waals surface area (Å²) in [6.07, 6.45) is -4.42. The molecule has 0 radical (unpaired) electrons. The Labute approximate surface area is 109 Å². The normalized spacial score (nSPS) is 11.4. The fraction of sp³-hybridized carbons (Fsp3) is 0.462. The van der Waals surface area contributed by atoms with Gasteiger partial charge in [-0.15, -0.1) is 0 Å². The highest BCUT2D eigenvalue weighted by Crippen LogP contribution is 2.32. The summed E-state index contributed by atoms with van der Waals surface area (Å²) >= 11 is 0. The molecule has 1 aromatic rings. The molecule has 0 amide bonds. The smallest absolute Gasteiger partial charge is 0.416 e. The third-order valence-electron chi connectivity index (χ3n) is 2.22. The molecule has 6 heteroatoms.